The molecule has 8 heteroatoms. The van der Waals surface area contributed by atoms with Crippen molar-refractivity contribution in [2.75, 3.05) is 6.61 Å². The Morgan fingerprint density at radius 2 is 1.94 bits per heavy atom. The molecule has 2 atom stereocenters. The second-order valence-electron chi connectivity index (χ2n) is 9.74. The number of rotatable bonds is 7. The van der Waals surface area contributed by atoms with Gasteiger partial charge in [0.05, 0.1) is 6.10 Å². The number of benzene rings is 2. The SMILES string of the molecule is Cc1ccc(OCC(=O)NC23CC(CC(=O)C4CC(O)c5ccc(F)cc5O4)(C2)C3)cc1F. The molecule has 0 saturated heterocycles. The summed E-state index contributed by atoms with van der Waals surface area (Å²) in [7, 11) is 0. The fourth-order valence-corrected chi connectivity index (χ4v) is 5.56. The highest BCUT2D eigenvalue weighted by Crippen LogP contribution is 2.69. The second kappa shape index (κ2) is 7.80. The van der Waals surface area contributed by atoms with E-state index in [2.05, 4.69) is 5.32 Å². The largest absolute Gasteiger partial charge is 0.484 e. The molecule has 174 valence electrons. The number of aliphatic hydroxyl groups is 1. The van der Waals surface area contributed by atoms with Crippen LogP contribution in [0.1, 0.15) is 49.3 Å². The number of ether oxygens (including phenoxy) is 2. The van der Waals surface area contributed by atoms with Gasteiger partial charge in [0.25, 0.3) is 5.91 Å². The Hall–Kier alpha value is -3.00. The molecule has 3 aliphatic carbocycles. The number of amides is 1. The minimum absolute atomic E-state index is 0.117. The molecule has 2 unspecified atom stereocenters. The fraction of sp³-hybridized carbons (Fsp3) is 0.440. The predicted molar refractivity (Wildman–Crippen MR) is 114 cm³/mol. The first-order valence-corrected chi connectivity index (χ1v) is 11.0. The maximum absolute atomic E-state index is 13.6. The molecule has 6 rings (SSSR count). The van der Waals surface area contributed by atoms with Crippen molar-refractivity contribution in [1.29, 1.82) is 0 Å². The summed E-state index contributed by atoms with van der Waals surface area (Å²) in [5.41, 5.74) is 0.511. The molecule has 2 aromatic carbocycles. The normalized spacial score (nSPS) is 29.1. The maximum atomic E-state index is 13.6. The van der Waals surface area contributed by atoms with Crippen LogP contribution in [0, 0.1) is 24.0 Å². The van der Waals surface area contributed by atoms with Crippen molar-refractivity contribution in [2.24, 2.45) is 5.41 Å². The van der Waals surface area contributed by atoms with Crippen LogP contribution >= 0.6 is 0 Å². The van der Waals surface area contributed by atoms with Crippen LogP contribution in [0.15, 0.2) is 36.4 Å². The number of carbonyl (C=O) groups is 2. The van der Waals surface area contributed by atoms with Crippen molar-refractivity contribution in [2.45, 2.75) is 56.8 Å². The summed E-state index contributed by atoms with van der Waals surface area (Å²) in [6, 6.07) is 8.38. The zero-order chi connectivity index (χ0) is 23.4. The van der Waals surface area contributed by atoms with E-state index < -0.39 is 18.0 Å². The second-order valence-corrected chi connectivity index (χ2v) is 9.74. The number of ketones is 1. The van der Waals surface area contributed by atoms with Gasteiger partial charge >= 0.3 is 0 Å². The molecule has 2 aromatic rings. The maximum Gasteiger partial charge on any atom is 0.258 e. The van der Waals surface area contributed by atoms with Crippen LogP contribution in [-0.4, -0.2) is 35.0 Å². The average molecular weight is 457 g/mol. The predicted octanol–water partition coefficient (Wildman–Crippen LogP) is 3.53. The van der Waals surface area contributed by atoms with Crippen LogP contribution in [0.5, 0.6) is 11.5 Å². The van der Waals surface area contributed by atoms with Gasteiger partial charge in [0.2, 0.25) is 0 Å². The molecule has 3 fully saturated rings. The minimum atomic E-state index is -0.871. The molecule has 1 heterocycles. The van der Waals surface area contributed by atoms with E-state index in [0.717, 1.165) is 0 Å². The van der Waals surface area contributed by atoms with Crippen molar-refractivity contribution in [3.8, 4) is 11.5 Å². The molecule has 1 amide bonds. The van der Waals surface area contributed by atoms with E-state index in [-0.39, 0.29) is 47.2 Å². The Labute approximate surface area is 189 Å². The topological polar surface area (TPSA) is 84.9 Å². The quantitative estimate of drug-likeness (QED) is 0.665. The third kappa shape index (κ3) is 4.08. The lowest BCUT2D eigenvalue weighted by Crippen LogP contribution is -2.75. The van der Waals surface area contributed by atoms with E-state index in [1.807, 2.05) is 0 Å². The molecule has 6 nitrogen and oxygen atoms in total. The van der Waals surface area contributed by atoms with Crippen LogP contribution in [0.2, 0.25) is 0 Å². The van der Waals surface area contributed by atoms with Gasteiger partial charge < -0.3 is 19.9 Å². The monoisotopic (exact) mass is 457 g/mol. The molecule has 2 bridgehead atoms. The summed E-state index contributed by atoms with van der Waals surface area (Å²) >= 11 is 0. The Morgan fingerprint density at radius 3 is 2.67 bits per heavy atom. The number of hydrogen-bond acceptors (Lipinski definition) is 5. The molecule has 0 spiro atoms. The van der Waals surface area contributed by atoms with Crippen molar-refractivity contribution < 1.29 is 33.0 Å². The van der Waals surface area contributed by atoms with Crippen molar-refractivity contribution in [3.63, 3.8) is 0 Å². The van der Waals surface area contributed by atoms with Gasteiger partial charge in [-0.25, -0.2) is 8.78 Å². The lowest BCUT2D eigenvalue weighted by Gasteiger charge is -2.70. The van der Waals surface area contributed by atoms with Gasteiger partial charge in [-0.05, 0) is 55.4 Å². The lowest BCUT2D eigenvalue weighted by atomic mass is 9.38. The van der Waals surface area contributed by atoms with Crippen LogP contribution in [0.4, 0.5) is 8.78 Å². The van der Waals surface area contributed by atoms with E-state index >= 15 is 0 Å². The van der Waals surface area contributed by atoms with E-state index in [1.54, 1.807) is 19.1 Å². The zero-order valence-corrected chi connectivity index (χ0v) is 18.2. The lowest BCUT2D eigenvalue weighted by molar-refractivity contribution is -0.175. The van der Waals surface area contributed by atoms with Gasteiger partial charge in [-0.2, -0.15) is 0 Å². The average Bonchev–Trinajstić information content (AvgIpc) is 2.71. The van der Waals surface area contributed by atoms with Gasteiger partial charge in [-0.3, -0.25) is 9.59 Å². The summed E-state index contributed by atoms with van der Waals surface area (Å²) in [6.45, 7) is 1.44. The number of carbonyl (C=O) groups excluding carboxylic acids is 2. The number of aryl methyl sites for hydroxylation is 1. The first-order valence-electron chi connectivity index (χ1n) is 11.0. The molecule has 33 heavy (non-hydrogen) atoms. The summed E-state index contributed by atoms with van der Waals surface area (Å²) < 4.78 is 38.2. The first-order chi connectivity index (χ1) is 15.7. The summed E-state index contributed by atoms with van der Waals surface area (Å²) in [5.74, 6) is -0.767. The Morgan fingerprint density at radius 1 is 1.18 bits per heavy atom. The van der Waals surface area contributed by atoms with Crippen LogP contribution < -0.4 is 14.8 Å². The van der Waals surface area contributed by atoms with Gasteiger partial charge in [0, 0.05) is 36.1 Å². The van der Waals surface area contributed by atoms with Gasteiger partial charge in [-0.1, -0.05) is 6.07 Å². The smallest absolute Gasteiger partial charge is 0.258 e. The van der Waals surface area contributed by atoms with E-state index in [1.165, 1.54) is 24.3 Å². The van der Waals surface area contributed by atoms with Crippen LogP contribution in [0.25, 0.3) is 0 Å². The highest BCUT2D eigenvalue weighted by molar-refractivity contribution is 5.85. The number of halogens is 2. The third-order valence-electron chi connectivity index (χ3n) is 7.01. The number of fused-ring (bicyclic) bond motifs is 1. The fourth-order valence-electron chi connectivity index (χ4n) is 5.56. The molecule has 1 aliphatic heterocycles. The zero-order valence-electron chi connectivity index (χ0n) is 18.2. The van der Waals surface area contributed by atoms with Gasteiger partial charge in [-0.15, -0.1) is 0 Å². The van der Waals surface area contributed by atoms with E-state index in [9.17, 15) is 23.5 Å². The molecule has 0 radical (unpaired) electrons. The van der Waals surface area contributed by atoms with Crippen molar-refractivity contribution in [3.05, 3.63) is 59.2 Å². The number of aliphatic hydroxyl groups excluding tert-OH is 1. The third-order valence-corrected chi connectivity index (χ3v) is 7.01. The van der Waals surface area contributed by atoms with Gasteiger partial charge in [0.1, 0.15) is 23.1 Å². The molecule has 3 saturated carbocycles. The Balaban J connectivity index is 1.10. The first kappa shape index (κ1) is 21.8. The molecular weight excluding hydrogens is 432 g/mol. The van der Waals surface area contributed by atoms with Crippen LogP contribution in [0.3, 0.4) is 0 Å². The van der Waals surface area contributed by atoms with Crippen molar-refractivity contribution in [1.82, 2.24) is 5.32 Å². The highest BCUT2D eigenvalue weighted by Gasteiger charge is 2.68. The van der Waals surface area contributed by atoms with E-state index in [4.69, 9.17) is 9.47 Å². The minimum Gasteiger partial charge on any atom is -0.484 e. The molecule has 0 aromatic heterocycles. The summed E-state index contributed by atoms with van der Waals surface area (Å²) in [5, 5.41) is 13.3. The summed E-state index contributed by atoms with van der Waals surface area (Å²) in [6.07, 6.45) is 0.838. The molecule has 4 aliphatic rings. The van der Waals surface area contributed by atoms with E-state index in [0.29, 0.717) is 42.6 Å². The Bertz CT molecular complexity index is 1110. The number of Topliss-reactive ketones (excluding diaryl/α,β-unsaturated/α-hetero) is 1. The standard InChI is InChI=1S/C25H25F2NO5/c1-14-2-4-16(7-18(14)27)32-10-23(31)28-25-11-24(12-25,13-25)9-20(30)22-8-19(29)17-5-3-15(26)6-21(17)33-22/h2-7,19,22,29H,8-13H2,1H3,(H,28,31). The molecular formula is C25H25F2NO5. The highest BCUT2D eigenvalue weighted by atomic mass is 19.1. The van der Waals surface area contributed by atoms with Gasteiger partial charge in [0.15, 0.2) is 18.5 Å². The Kier molecular flexibility index (Phi) is 5.16. The van der Waals surface area contributed by atoms with Crippen LogP contribution in [-0.2, 0) is 9.59 Å². The summed E-state index contributed by atoms with van der Waals surface area (Å²) in [4.78, 5) is 25.1. The van der Waals surface area contributed by atoms with Crippen molar-refractivity contribution >= 4 is 11.7 Å². The number of hydrogen-bond donors (Lipinski definition) is 2. The number of nitrogens with one attached hydrogen (secondary N) is 1. The molecule has 2 N–H and O–H groups in total.